The van der Waals surface area contributed by atoms with Crippen molar-refractivity contribution in [3.05, 3.63) is 16.1 Å². The highest BCUT2D eigenvalue weighted by Crippen LogP contribution is 2.23. The fraction of sp³-hybridized carbons (Fsp3) is 0.714. The topological polar surface area (TPSA) is 42.4 Å². The number of esters is 1. The van der Waals surface area contributed by atoms with E-state index in [4.69, 9.17) is 4.74 Å². The zero-order valence-electron chi connectivity index (χ0n) is 12.1. The van der Waals surface area contributed by atoms with E-state index in [1.54, 1.807) is 11.3 Å². The van der Waals surface area contributed by atoms with Gasteiger partial charge in [0.05, 0.1) is 10.7 Å². The summed E-state index contributed by atoms with van der Waals surface area (Å²) in [6, 6.07) is -0.110. The first-order chi connectivity index (χ1) is 8.85. The summed E-state index contributed by atoms with van der Waals surface area (Å²) in [6.45, 7) is 9.42. The molecule has 19 heavy (non-hydrogen) atoms. The number of rotatable bonds is 3. The summed E-state index contributed by atoms with van der Waals surface area (Å²) < 4.78 is 5.50. The number of carbonyl (C=O) groups is 1. The van der Waals surface area contributed by atoms with Crippen molar-refractivity contribution in [3.8, 4) is 0 Å². The molecule has 0 saturated carbocycles. The smallest absolute Gasteiger partial charge is 0.323 e. The molecule has 1 fully saturated rings. The van der Waals surface area contributed by atoms with E-state index in [2.05, 4.69) is 15.3 Å². The Labute approximate surface area is 118 Å². The van der Waals surface area contributed by atoms with Gasteiger partial charge in [0.2, 0.25) is 0 Å². The molecule has 4 nitrogen and oxygen atoms in total. The van der Waals surface area contributed by atoms with Crippen LogP contribution in [0.3, 0.4) is 0 Å². The third-order valence-electron chi connectivity index (χ3n) is 3.07. The molecule has 0 aliphatic carbocycles. The Morgan fingerprint density at radius 1 is 1.58 bits per heavy atom. The Hall–Kier alpha value is -0.940. The van der Waals surface area contributed by atoms with E-state index in [9.17, 15) is 4.79 Å². The van der Waals surface area contributed by atoms with Crippen molar-refractivity contribution in [1.29, 1.82) is 0 Å². The number of aromatic nitrogens is 1. The number of likely N-dealkylation sites (tertiary alicyclic amines) is 1. The lowest BCUT2D eigenvalue weighted by atomic mass is 10.1. The molecule has 0 radical (unpaired) electrons. The van der Waals surface area contributed by atoms with E-state index in [1.807, 2.05) is 27.7 Å². The van der Waals surface area contributed by atoms with E-state index in [0.29, 0.717) is 0 Å². The Morgan fingerprint density at radius 3 is 2.89 bits per heavy atom. The van der Waals surface area contributed by atoms with Gasteiger partial charge in [-0.25, -0.2) is 4.98 Å². The molecule has 0 N–H and O–H groups in total. The third kappa shape index (κ3) is 4.01. The largest absolute Gasteiger partial charge is 0.459 e. The highest BCUT2D eigenvalue weighted by atomic mass is 32.1. The molecule has 1 aliphatic heterocycles. The van der Waals surface area contributed by atoms with Gasteiger partial charge >= 0.3 is 5.97 Å². The number of hydrogen-bond donors (Lipinski definition) is 0. The lowest BCUT2D eigenvalue weighted by molar-refractivity contribution is -0.160. The van der Waals surface area contributed by atoms with Crippen molar-refractivity contribution in [2.75, 3.05) is 6.54 Å². The predicted molar refractivity (Wildman–Crippen MR) is 76.1 cm³/mol. The molecule has 0 spiro atoms. The van der Waals surface area contributed by atoms with Gasteiger partial charge in [-0.05, 0) is 47.1 Å². The molecular formula is C14H22N2O2S. The molecule has 1 atom stereocenters. The van der Waals surface area contributed by atoms with Crippen LogP contribution in [0.25, 0.3) is 0 Å². The average Bonchev–Trinajstić information content (AvgIpc) is 2.86. The monoisotopic (exact) mass is 282 g/mol. The Balaban J connectivity index is 1.98. The summed E-state index contributed by atoms with van der Waals surface area (Å²) in [5.41, 5.74) is 0.640. The van der Waals surface area contributed by atoms with Gasteiger partial charge in [0.1, 0.15) is 11.6 Å². The molecule has 1 aliphatic rings. The molecule has 0 amide bonds. The average molecular weight is 282 g/mol. The van der Waals surface area contributed by atoms with Gasteiger partial charge in [-0.1, -0.05) is 0 Å². The minimum Gasteiger partial charge on any atom is -0.459 e. The van der Waals surface area contributed by atoms with Crippen molar-refractivity contribution in [3.63, 3.8) is 0 Å². The fourth-order valence-electron chi connectivity index (χ4n) is 2.34. The Morgan fingerprint density at radius 2 is 2.32 bits per heavy atom. The van der Waals surface area contributed by atoms with Crippen LogP contribution in [0.2, 0.25) is 0 Å². The first-order valence-electron chi connectivity index (χ1n) is 6.73. The molecule has 0 aromatic carbocycles. The molecule has 0 unspecified atom stereocenters. The van der Waals surface area contributed by atoms with Crippen LogP contribution >= 0.6 is 11.3 Å². The molecule has 5 heteroatoms. The van der Waals surface area contributed by atoms with Crippen LogP contribution in [-0.4, -0.2) is 34.0 Å². The van der Waals surface area contributed by atoms with E-state index in [0.717, 1.165) is 36.6 Å². The third-order valence-corrected chi connectivity index (χ3v) is 3.90. The van der Waals surface area contributed by atoms with E-state index in [1.165, 1.54) is 0 Å². The second kappa shape index (κ2) is 5.59. The maximum Gasteiger partial charge on any atom is 0.323 e. The van der Waals surface area contributed by atoms with Crippen molar-refractivity contribution in [2.45, 2.75) is 58.7 Å². The Kier molecular flexibility index (Phi) is 4.26. The van der Waals surface area contributed by atoms with Gasteiger partial charge in [-0.3, -0.25) is 9.69 Å². The van der Waals surface area contributed by atoms with E-state index >= 15 is 0 Å². The van der Waals surface area contributed by atoms with Crippen molar-refractivity contribution in [1.82, 2.24) is 9.88 Å². The maximum absolute atomic E-state index is 12.2. The normalized spacial score (nSPS) is 20.7. The molecule has 2 rings (SSSR count). The first kappa shape index (κ1) is 14.5. The molecule has 0 bridgehead atoms. The summed E-state index contributed by atoms with van der Waals surface area (Å²) in [6.07, 6.45) is 1.94. The maximum atomic E-state index is 12.2. The van der Waals surface area contributed by atoms with Crippen LogP contribution in [0.15, 0.2) is 5.38 Å². The SMILES string of the molecule is Cc1nc(CN2CCC[C@@H]2C(=O)OC(C)(C)C)cs1. The molecule has 1 saturated heterocycles. The van der Waals surface area contributed by atoms with Crippen LogP contribution < -0.4 is 0 Å². The number of aryl methyl sites for hydroxylation is 1. The van der Waals surface area contributed by atoms with Gasteiger partial charge in [0, 0.05) is 11.9 Å². The summed E-state index contributed by atoms with van der Waals surface area (Å²) in [4.78, 5) is 18.8. The van der Waals surface area contributed by atoms with Crippen molar-refractivity contribution < 1.29 is 9.53 Å². The Bertz CT molecular complexity index is 451. The second-order valence-corrected chi connectivity index (χ2v) is 7.08. The number of ether oxygens (including phenoxy) is 1. The van der Waals surface area contributed by atoms with Gasteiger partial charge in [-0.2, -0.15) is 0 Å². The van der Waals surface area contributed by atoms with Crippen LogP contribution in [-0.2, 0) is 16.1 Å². The highest BCUT2D eigenvalue weighted by Gasteiger charge is 2.34. The fourth-order valence-corrected chi connectivity index (χ4v) is 2.94. The van der Waals surface area contributed by atoms with E-state index in [-0.39, 0.29) is 12.0 Å². The van der Waals surface area contributed by atoms with Crippen LogP contribution in [0.5, 0.6) is 0 Å². The number of hydrogen-bond acceptors (Lipinski definition) is 5. The predicted octanol–water partition coefficient (Wildman–Crippen LogP) is 2.76. The first-order valence-corrected chi connectivity index (χ1v) is 7.61. The summed E-state index contributed by atoms with van der Waals surface area (Å²) in [7, 11) is 0. The number of carbonyl (C=O) groups excluding carboxylic acids is 1. The zero-order valence-corrected chi connectivity index (χ0v) is 12.9. The zero-order chi connectivity index (χ0) is 14.0. The standard InChI is InChI=1S/C14H22N2O2S/c1-10-15-11(9-19-10)8-16-7-5-6-12(16)13(17)18-14(2,3)4/h9,12H,5-8H2,1-4H3/t12-/m1/s1. The van der Waals surface area contributed by atoms with Gasteiger partial charge < -0.3 is 4.74 Å². The molecule has 1 aromatic heterocycles. The summed E-state index contributed by atoms with van der Waals surface area (Å²) in [5, 5.41) is 3.14. The molecule has 106 valence electrons. The highest BCUT2D eigenvalue weighted by molar-refractivity contribution is 7.09. The van der Waals surface area contributed by atoms with Gasteiger partial charge in [-0.15, -0.1) is 11.3 Å². The summed E-state index contributed by atoms with van der Waals surface area (Å²) in [5.74, 6) is -0.100. The second-order valence-electron chi connectivity index (χ2n) is 6.02. The van der Waals surface area contributed by atoms with Crippen molar-refractivity contribution in [2.24, 2.45) is 0 Å². The van der Waals surface area contributed by atoms with E-state index < -0.39 is 5.60 Å². The molecular weight excluding hydrogens is 260 g/mol. The van der Waals surface area contributed by atoms with Crippen LogP contribution in [0.1, 0.15) is 44.3 Å². The lowest BCUT2D eigenvalue weighted by Crippen LogP contribution is -2.40. The molecule has 2 heterocycles. The number of thiazole rings is 1. The van der Waals surface area contributed by atoms with Gasteiger partial charge in [0.25, 0.3) is 0 Å². The lowest BCUT2D eigenvalue weighted by Gasteiger charge is -2.26. The van der Waals surface area contributed by atoms with Crippen LogP contribution in [0.4, 0.5) is 0 Å². The number of nitrogens with zero attached hydrogens (tertiary/aromatic N) is 2. The summed E-state index contributed by atoms with van der Waals surface area (Å²) >= 11 is 1.65. The molecule has 1 aromatic rings. The minimum absolute atomic E-state index is 0.100. The quantitative estimate of drug-likeness (QED) is 0.800. The minimum atomic E-state index is -0.414. The van der Waals surface area contributed by atoms with Crippen LogP contribution in [0, 0.1) is 6.92 Å². The van der Waals surface area contributed by atoms with Gasteiger partial charge in [0.15, 0.2) is 0 Å². The van der Waals surface area contributed by atoms with Crippen molar-refractivity contribution >= 4 is 17.3 Å².